The number of halogens is 2. The fraction of sp³-hybridized carbons (Fsp3) is 0.400. The summed E-state index contributed by atoms with van der Waals surface area (Å²) in [7, 11) is 1.27. The number of rotatable bonds is 2. The van der Waals surface area contributed by atoms with Crippen molar-refractivity contribution in [3.63, 3.8) is 0 Å². The van der Waals surface area contributed by atoms with Crippen LogP contribution in [0.15, 0.2) is 12.1 Å². The lowest BCUT2D eigenvalue weighted by Crippen LogP contribution is -2.17. The van der Waals surface area contributed by atoms with E-state index in [2.05, 4.69) is 0 Å². The molecule has 0 aliphatic rings. The van der Waals surface area contributed by atoms with Gasteiger partial charge in [0.25, 0.3) is 0 Å². The maximum Gasteiger partial charge on any atom is 0.168 e. The predicted octanol–water partition coefficient (Wildman–Crippen LogP) is 2.20. The molecule has 1 aromatic carbocycles. The molecule has 1 rings (SSSR count). The highest BCUT2D eigenvalue weighted by atomic mass is 19.1. The summed E-state index contributed by atoms with van der Waals surface area (Å²) in [5.41, 5.74) is -1.24. The lowest BCUT2D eigenvalue weighted by Gasteiger charge is -2.21. The first-order chi connectivity index (χ1) is 6.36. The summed E-state index contributed by atoms with van der Waals surface area (Å²) in [6.45, 7) is 2.87. The van der Waals surface area contributed by atoms with Crippen LogP contribution in [0.5, 0.6) is 5.75 Å². The zero-order chi connectivity index (χ0) is 10.9. The van der Waals surface area contributed by atoms with Crippen LogP contribution in [0.25, 0.3) is 0 Å². The number of hydrogen-bond acceptors (Lipinski definition) is 2. The number of aliphatic hydroxyl groups is 1. The highest BCUT2D eigenvalue weighted by molar-refractivity contribution is 5.39. The van der Waals surface area contributed by atoms with Crippen LogP contribution in [0.3, 0.4) is 0 Å². The Hall–Kier alpha value is -1.16. The predicted molar refractivity (Wildman–Crippen MR) is 48.2 cm³/mol. The van der Waals surface area contributed by atoms with Gasteiger partial charge in [-0.1, -0.05) is 0 Å². The molecule has 0 saturated carbocycles. The molecule has 2 nitrogen and oxygen atoms in total. The summed E-state index contributed by atoms with van der Waals surface area (Å²) < 4.78 is 30.8. The Balaban J connectivity index is 3.40. The van der Waals surface area contributed by atoms with Gasteiger partial charge in [0.1, 0.15) is 5.82 Å². The third-order valence-corrected chi connectivity index (χ3v) is 1.87. The van der Waals surface area contributed by atoms with Gasteiger partial charge in [-0.15, -0.1) is 0 Å². The molecular formula is C10H12F2O2. The van der Waals surface area contributed by atoms with E-state index in [4.69, 9.17) is 4.74 Å². The Morgan fingerprint density at radius 3 is 2.29 bits per heavy atom. The highest BCUT2D eigenvalue weighted by Gasteiger charge is 2.24. The normalized spacial score (nSPS) is 11.6. The van der Waals surface area contributed by atoms with Crippen LogP contribution in [0.1, 0.15) is 19.4 Å². The molecule has 4 heteroatoms. The maximum absolute atomic E-state index is 13.2. The average Bonchev–Trinajstić information content (AvgIpc) is 2.01. The van der Waals surface area contributed by atoms with Crippen LogP contribution in [0, 0.1) is 11.6 Å². The molecule has 0 atom stereocenters. The number of methoxy groups -OCH3 is 1. The molecule has 0 unspecified atom stereocenters. The van der Waals surface area contributed by atoms with Crippen molar-refractivity contribution in [1.29, 1.82) is 0 Å². The molecule has 0 fully saturated rings. The summed E-state index contributed by atoms with van der Waals surface area (Å²) in [5.74, 6) is -1.68. The number of hydrogen-bond donors (Lipinski definition) is 1. The van der Waals surface area contributed by atoms with Gasteiger partial charge >= 0.3 is 0 Å². The second kappa shape index (κ2) is 3.53. The van der Waals surface area contributed by atoms with E-state index >= 15 is 0 Å². The molecule has 0 aliphatic carbocycles. The van der Waals surface area contributed by atoms with E-state index in [-0.39, 0.29) is 11.3 Å². The van der Waals surface area contributed by atoms with Crippen molar-refractivity contribution in [2.45, 2.75) is 19.4 Å². The Morgan fingerprint density at radius 1 is 1.29 bits per heavy atom. The average molecular weight is 202 g/mol. The van der Waals surface area contributed by atoms with Crippen LogP contribution in [-0.4, -0.2) is 12.2 Å². The minimum Gasteiger partial charge on any atom is -0.493 e. The SMILES string of the molecule is COc1c(F)cc(F)cc1C(C)(C)O. The fourth-order valence-electron chi connectivity index (χ4n) is 1.22. The Morgan fingerprint density at radius 2 is 1.86 bits per heavy atom. The highest BCUT2D eigenvalue weighted by Crippen LogP contribution is 2.32. The van der Waals surface area contributed by atoms with Gasteiger partial charge in [-0.2, -0.15) is 0 Å². The van der Waals surface area contributed by atoms with Gasteiger partial charge in [-0.3, -0.25) is 0 Å². The first-order valence-electron chi connectivity index (χ1n) is 4.12. The largest absolute Gasteiger partial charge is 0.493 e. The molecule has 0 aliphatic heterocycles. The van der Waals surface area contributed by atoms with Crippen LogP contribution >= 0.6 is 0 Å². The van der Waals surface area contributed by atoms with Crippen molar-refractivity contribution >= 4 is 0 Å². The van der Waals surface area contributed by atoms with Gasteiger partial charge in [0.05, 0.1) is 12.7 Å². The third kappa shape index (κ3) is 2.01. The van der Waals surface area contributed by atoms with Gasteiger partial charge < -0.3 is 9.84 Å². The fourth-order valence-corrected chi connectivity index (χ4v) is 1.22. The zero-order valence-corrected chi connectivity index (χ0v) is 8.27. The first kappa shape index (κ1) is 10.9. The minimum absolute atomic E-state index is 0.0949. The van der Waals surface area contributed by atoms with Crippen LogP contribution in [0.4, 0.5) is 8.78 Å². The van der Waals surface area contributed by atoms with Gasteiger partial charge in [-0.25, -0.2) is 8.78 Å². The lowest BCUT2D eigenvalue weighted by atomic mass is 9.97. The molecule has 1 aromatic rings. The molecule has 0 heterocycles. The Bertz CT molecular complexity index is 343. The zero-order valence-electron chi connectivity index (χ0n) is 8.27. The smallest absolute Gasteiger partial charge is 0.168 e. The van der Waals surface area contributed by atoms with Gasteiger partial charge in [0, 0.05) is 11.6 Å². The quantitative estimate of drug-likeness (QED) is 0.796. The van der Waals surface area contributed by atoms with E-state index < -0.39 is 17.2 Å². The van der Waals surface area contributed by atoms with Crippen molar-refractivity contribution in [2.75, 3.05) is 7.11 Å². The van der Waals surface area contributed by atoms with Crippen molar-refractivity contribution in [1.82, 2.24) is 0 Å². The third-order valence-electron chi connectivity index (χ3n) is 1.87. The number of benzene rings is 1. The van der Waals surface area contributed by atoms with Crippen molar-refractivity contribution in [2.24, 2.45) is 0 Å². The van der Waals surface area contributed by atoms with E-state index in [1.165, 1.54) is 21.0 Å². The monoisotopic (exact) mass is 202 g/mol. The van der Waals surface area contributed by atoms with E-state index in [9.17, 15) is 13.9 Å². The first-order valence-corrected chi connectivity index (χ1v) is 4.12. The summed E-state index contributed by atoms with van der Waals surface area (Å²) in [6.07, 6.45) is 0. The summed E-state index contributed by atoms with van der Waals surface area (Å²) in [6, 6.07) is 1.77. The van der Waals surface area contributed by atoms with Crippen LogP contribution in [-0.2, 0) is 5.60 Å². The van der Waals surface area contributed by atoms with Crippen molar-refractivity contribution in [3.8, 4) is 5.75 Å². The Kier molecular flexibility index (Phi) is 2.76. The lowest BCUT2D eigenvalue weighted by molar-refractivity contribution is 0.0745. The van der Waals surface area contributed by atoms with E-state index in [1.54, 1.807) is 0 Å². The van der Waals surface area contributed by atoms with Crippen LogP contribution in [0.2, 0.25) is 0 Å². The minimum atomic E-state index is -1.34. The van der Waals surface area contributed by atoms with Crippen molar-refractivity contribution < 1.29 is 18.6 Å². The summed E-state index contributed by atoms with van der Waals surface area (Å²) >= 11 is 0. The molecule has 0 bridgehead atoms. The molecule has 0 saturated heterocycles. The summed E-state index contributed by atoms with van der Waals surface area (Å²) in [4.78, 5) is 0. The topological polar surface area (TPSA) is 29.5 Å². The summed E-state index contributed by atoms with van der Waals surface area (Å²) in [5, 5.41) is 9.64. The van der Waals surface area contributed by atoms with Gasteiger partial charge in [0.15, 0.2) is 11.6 Å². The van der Waals surface area contributed by atoms with E-state index in [1.807, 2.05) is 0 Å². The maximum atomic E-state index is 13.2. The molecule has 0 spiro atoms. The van der Waals surface area contributed by atoms with Crippen LogP contribution < -0.4 is 4.74 Å². The molecule has 14 heavy (non-hydrogen) atoms. The molecule has 0 radical (unpaired) electrons. The second-order valence-electron chi connectivity index (χ2n) is 3.53. The second-order valence-corrected chi connectivity index (χ2v) is 3.53. The van der Waals surface area contributed by atoms with Crippen molar-refractivity contribution in [3.05, 3.63) is 29.3 Å². The van der Waals surface area contributed by atoms with Gasteiger partial charge in [0.2, 0.25) is 0 Å². The van der Waals surface area contributed by atoms with Gasteiger partial charge in [-0.05, 0) is 19.9 Å². The molecular weight excluding hydrogens is 190 g/mol. The Labute approximate surface area is 81.1 Å². The standard InChI is InChI=1S/C10H12F2O2/c1-10(2,13)7-4-6(11)5-8(12)9(7)14-3/h4-5,13H,1-3H3. The molecule has 0 aromatic heterocycles. The van der Waals surface area contributed by atoms with E-state index in [0.29, 0.717) is 6.07 Å². The molecule has 78 valence electrons. The molecule has 1 N–H and O–H groups in total. The number of ether oxygens (including phenoxy) is 1. The molecule has 0 amide bonds. The van der Waals surface area contributed by atoms with E-state index in [0.717, 1.165) is 6.07 Å².